The maximum atomic E-state index is 11.7. The summed E-state index contributed by atoms with van der Waals surface area (Å²) in [5, 5.41) is 3.16. The van der Waals surface area contributed by atoms with Crippen LogP contribution in [0.25, 0.3) is 0 Å². The first-order chi connectivity index (χ1) is 8.76. The smallest absolute Gasteiger partial charge is 0.412 e. The molecule has 0 heterocycles. The number of ether oxygens (including phenoxy) is 1. The van der Waals surface area contributed by atoms with E-state index in [1.54, 1.807) is 6.07 Å². The van der Waals surface area contributed by atoms with Gasteiger partial charge in [-0.25, -0.2) is 4.79 Å². The molecule has 2 atom stereocenters. The van der Waals surface area contributed by atoms with Gasteiger partial charge in [-0.05, 0) is 44.9 Å². The van der Waals surface area contributed by atoms with E-state index < -0.39 is 11.7 Å². The van der Waals surface area contributed by atoms with Gasteiger partial charge >= 0.3 is 6.09 Å². The minimum Gasteiger partial charge on any atom is -0.444 e. The van der Waals surface area contributed by atoms with Gasteiger partial charge < -0.3 is 10.5 Å². The Morgan fingerprint density at radius 3 is 2.63 bits per heavy atom. The largest absolute Gasteiger partial charge is 0.444 e. The molecule has 0 saturated heterocycles. The molecule has 104 valence electrons. The van der Waals surface area contributed by atoms with Gasteiger partial charge in [0, 0.05) is 12.0 Å². The van der Waals surface area contributed by atoms with Gasteiger partial charge in [-0.1, -0.05) is 17.7 Å². The fourth-order valence-electron chi connectivity index (χ4n) is 1.88. The molecule has 1 aromatic carbocycles. The minimum atomic E-state index is -0.535. The zero-order chi connectivity index (χ0) is 14.2. The molecule has 5 heteroatoms. The molecule has 0 aliphatic heterocycles. The SMILES string of the molecule is CC(C)(C)OC(=O)Nc1cc([C@@H]2C[C@H]2N)ccc1Cl. The summed E-state index contributed by atoms with van der Waals surface area (Å²) in [7, 11) is 0. The highest BCUT2D eigenvalue weighted by atomic mass is 35.5. The van der Waals surface area contributed by atoms with Crippen molar-refractivity contribution in [3.8, 4) is 0 Å². The molecule has 2 rings (SSSR count). The first-order valence-corrected chi connectivity index (χ1v) is 6.69. The molecule has 4 nitrogen and oxygen atoms in total. The topological polar surface area (TPSA) is 64.3 Å². The number of amides is 1. The Hall–Kier alpha value is -1.26. The predicted octanol–water partition coefficient (Wildman–Crippen LogP) is 3.50. The summed E-state index contributed by atoms with van der Waals surface area (Å²) in [5.74, 6) is 0.372. The van der Waals surface area contributed by atoms with Crippen LogP contribution in [0.5, 0.6) is 0 Å². The molecule has 0 spiro atoms. The maximum absolute atomic E-state index is 11.7. The van der Waals surface area contributed by atoms with Crippen LogP contribution in [0.3, 0.4) is 0 Å². The monoisotopic (exact) mass is 282 g/mol. The van der Waals surface area contributed by atoms with E-state index in [1.165, 1.54) is 0 Å². The first kappa shape index (κ1) is 14.2. The fraction of sp³-hybridized carbons (Fsp3) is 0.500. The Balaban J connectivity index is 2.09. The molecule has 3 N–H and O–H groups in total. The zero-order valence-corrected chi connectivity index (χ0v) is 12.1. The number of anilines is 1. The molecule has 1 aromatic rings. The summed E-state index contributed by atoms with van der Waals surface area (Å²) in [6.07, 6.45) is 0.472. The van der Waals surface area contributed by atoms with Crippen LogP contribution < -0.4 is 11.1 Å². The van der Waals surface area contributed by atoms with Crippen molar-refractivity contribution in [2.24, 2.45) is 5.73 Å². The highest BCUT2D eigenvalue weighted by Crippen LogP contribution is 2.40. The van der Waals surface area contributed by atoms with Crippen LogP contribution >= 0.6 is 11.6 Å². The Bertz CT molecular complexity index is 497. The van der Waals surface area contributed by atoms with Crippen LogP contribution in [0.4, 0.5) is 10.5 Å². The fourth-order valence-corrected chi connectivity index (χ4v) is 2.05. The van der Waals surface area contributed by atoms with Gasteiger partial charge in [0.05, 0.1) is 10.7 Å². The van der Waals surface area contributed by atoms with E-state index in [4.69, 9.17) is 22.1 Å². The lowest BCUT2D eigenvalue weighted by molar-refractivity contribution is 0.0636. The van der Waals surface area contributed by atoms with Crippen molar-refractivity contribution in [3.63, 3.8) is 0 Å². The maximum Gasteiger partial charge on any atom is 0.412 e. The molecule has 19 heavy (non-hydrogen) atoms. The zero-order valence-electron chi connectivity index (χ0n) is 11.4. The number of hydrogen-bond acceptors (Lipinski definition) is 3. The second-order valence-electron chi connectivity index (χ2n) is 5.87. The lowest BCUT2D eigenvalue weighted by atomic mass is 10.1. The van der Waals surface area contributed by atoms with Crippen LogP contribution in [0.2, 0.25) is 5.02 Å². The highest BCUT2D eigenvalue weighted by Gasteiger charge is 2.35. The number of benzene rings is 1. The minimum absolute atomic E-state index is 0.218. The third kappa shape index (κ3) is 3.85. The van der Waals surface area contributed by atoms with Crippen LogP contribution in [-0.4, -0.2) is 17.7 Å². The average molecular weight is 283 g/mol. The van der Waals surface area contributed by atoms with E-state index >= 15 is 0 Å². The molecule has 1 aliphatic carbocycles. The molecule has 1 fully saturated rings. The Kier molecular flexibility index (Phi) is 3.74. The van der Waals surface area contributed by atoms with Crippen molar-refractivity contribution in [1.29, 1.82) is 0 Å². The summed E-state index contributed by atoms with van der Waals surface area (Å²) in [6.45, 7) is 5.44. The summed E-state index contributed by atoms with van der Waals surface area (Å²) < 4.78 is 5.20. The van der Waals surface area contributed by atoms with Crippen LogP contribution in [0.15, 0.2) is 18.2 Å². The van der Waals surface area contributed by atoms with Gasteiger partial charge in [0.2, 0.25) is 0 Å². The number of nitrogens with two attached hydrogens (primary N) is 1. The van der Waals surface area contributed by atoms with Gasteiger partial charge in [0.15, 0.2) is 0 Å². The van der Waals surface area contributed by atoms with Gasteiger partial charge in [-0.15, -0.1) is 0 Å². The lowest BCUT2D eigenvalue weighted by Crippen LogP contribution is -2.27. The van der Waals surface area contributed by atoms with Crippen molar-refractivity contribution in [2.45, 2.75) is 44.8 Å². The van der Waals surface area contributed by atoms with Crippen molar-refractivity contribution in [1.82, 2.24) is 0 Å². The highest BCUT2D eigenvalue weighted by molar-refractivity contribution is 6.33. The molecule has 0 unspecified atom stereocenters. The number of halogens is 1. The summed E-state index contributed by atoms with van der Waals surface area (Å²) in [4.78, 5) is 11.7. The van der Waals surface area contributed by atoms with E-state index in [1.807, 2.05) is 32.9 Å². The van der Waals surface area contributed by atoms with Gasteiger partial charge in [0.1, 0.15) is 5.60 Å². The Labute approximate surface area is 118 Å². The van der Waals surface area contributed by atoms with Crippen molar-refractivity contribution < 1.29 is 9.53 Å². The van der Waals surface area contributed by atoms with E-state index in [0.29, 0.717) is 16.6 Å². The predicted molar refractivity (Wildman–Crippen MR) is 76.6 cm³/mol. The van der Waals surface area contributed by atoms with E-state index in [0.717, 1.165) is 12.0 Å². The van der Waals surface area contributed by atoms with Crippen molar-refractivity contribution in [2.75, 3.05) is 5.32 Å². The van der Waals surface area contributed by atoms with Crippen LogP contribution in [0.1, 0.15) is 38.7 Å². The molecule has 1 aliphatic rings. The van der Waals surface area contributed by atoms with E-state index in [9.17, 15) is 4.79 Å². The summed E-state index contributed by atoms with van der Waals surface area (Å²) >= 11 is 6.07. The van der Waals surface area contributed by atoms with Gasteiger partial charge in [-0.3, -0.25) is 5.32 Å². The van der Waals surface area contributed by atoms with E-state index in [-0.39, 0.29) is 6.04 Å². The molecule has 0 bridgehead atoms. The molecule has 0 radical (unpaired) electrons. The van der Waals surface area contributed by atoms with Crippen LogP contribution in [-0.2, 0) is 4.74 Å². The Morgan fingerprint density at radius 2 is 2.11 bits per heavy atom. The summed E-state index contributed by atoms with van der Waals surface area (Å²) in [5.41, 5.74) is 6.95. The Morgan fingerprint density at radius 1 is 1.47 bits per heavy atom. The van der Waals surface area contributed by atoms with Crippen molar-refractivity contribution >= 4 is 23.4 Å². The second kappa shape index (κ2) is 5.02. The molecule has 0 aromatic heterocycles. The molecular formula is C14H19ClN2O2. The average Bonchev–Trinajstić information content (AvgIpc) is 2.96. The number of carbonyl (C=O) groups is 1. The molecule has 1 amide bonds. The van der Waals surface area contributed by atoms with Gasteiger partial charge in [-0.2, -0.15) is 0 Å². The third-order valence-electron chi connectivity index (χ3n) is 2.89. The number of nitrogens with one attached hydrogen (secondary N) is 1. The number of hydrogen-bond donors (Lipinski definition) is 2. The van der Waals surface area contributed by atoms with Crippen molar-refractivity contribution in [3.05, 3.63) is 28.8 Å². The summed E-state index contributed by atoms with van der Waals surface area (Å²) in [6, 6.07) is 5.80. The normalized spacial score (nSPS) is 21.9. The first-order valence-electron chi connectivity index (χ1n) is 6.31. The quantitative estimate of drug-likeness (QED) is 0.872. The number of rotatable bonds is 2. The van der Waals surface area contributed by atoms with Gasteiger partial charge in [0.25, 0.3) is 0 Å². The third-order valence-corrected chi connectivity index (χ3v) is 3.22. The molecule has 1 saturated carbocycles. The van der Waals surface area contributed by atoms with E-state index in [2.05, 4.69) is 5.32 Å². The lowest BCUT2D eigenvalue weighted by Gasteiger charge is -2.20. The van der Waals surface area contributed by atoms with Crippen LogP contribution in [0, 0.1) is 0 Å². The standard InChI is InChI=1S/C14H19ClN2O2/c1-14(2,3)19-13(18)17-12-6-8(4-5-10(12)15)9-7-11(9)16/h4-6,9,11H,7,16H2,1-3H3,(H,17,18)/t9-,11+/m0/s1. The second-order valence-corrected chi connectivity index (χ2v) is 6.28. The molecular weight excluding hydrogens is 264 g/mol. The number of carbonyl (C=O) groups excluding carboxylic acids is 1.